The van der Waals surface area contributed by atoms with Crippen molar-refractivity contribution in [1.29, 1.82) is 0 Å². The molecule has 0 radical (unpaired) electrons. The zero-order chi connectivity index (χ0) is 9.80. The molecule has 70 valence electrons. The number of hydrogen-bond donors (Lipinski definition) is 0. The molecule has 0 amide bonds. The van der Waals surface area contributed by atoms with Gasteiger partial charge in [0, 0.05) is 5.57 Å². The molecule has 0 aromatic heterocycles. The molecule has 0 bridgehead atoms. The number of hydrogen-bond acceptors (Lipinski definition) is 0. The average molecular weight is 182 g/mol. The van der Waals surface area contributed by atoms with Crippen LogP contribution in [0.5, 0.6) is 0 Å². The smallest absolute Gasteiger partial charge is 0.00210 e. The molecule has 0 atom stereocenters. The first kappa shape index (κ1) is 9.09. The molecule has 0 heterocycles. The van der Waals surface area contributed by atoms with Crippen LogP contribution in [0.3, 0.4) is 0 Å². The summed E-state index contributed by atoms with van der Waals surface area (Å²) in [6.45, 7) is 0. The Morgan fingerprint density at radius 3 is 2.64 bits per heavy atom. The molecule has 0 aliphatic heterocycles. The third kappa shape index (κ3) is 1.88. The summed E-state index contributed by atoms with van der Waals surface area (Å²) in [6.07, 6.45) is 20.9. The van der Waals surface area contributed by atoms with Gasteiger partial charge in [-0.1, -0.05) is 36.3 Å². The van der Waals surface area contributed by atoms with E-state index in [1.165, 1.54) is 24.0 Å². The molecule has 0 saturated carbocycles. The maximum atomic E-state index is 5.35. The van der Waals surface area contributed by atoms with Crippen LogP contribution < -0.4 is 0 Å². The van der Waals surface area contributed by atoms with Gasteiger partial charge >= 0.3 is 0 Å². The first-order valence-corrected chi connectivity index (χ1v) is 5.13. The van der Waals surface area contributed by atoms with Crippen LogP contribution in [-0.4, -0.2) is 0 Å². The fraction of sp³-hybridized carbons (Fsp3) is 0.286. The minimum Gasteiger partial charge on any atom is -0.115 e. The van der Waals surface area contributed by atoms with Gasteiger partial charge in [0.05, 0.1) is 0 Å². The third-order valence-corrected chi connectivity index (χ3v) is 2.70. The lowest BCUT2D eigenvalue weighted by Gasteiger charge is -2.14. The largest absolute Gasteiger partial charge is 0.115 e. The molecule has 0 nitrogen and oxygen atoms in total. The highest BCUT2D eigenvalue weighted by atomic mass is 14.1. The summed E-state index contributed by atoms with van der Waals surface area (Å²) in [5, 5.41) is 0. The van der Waals surface area contributed by atoms with Gasteiger partial charge in [0.1, 0.15) is 0 Å². The van der Waals surface area contributed by atoms with E-state index in [1.54, 1.807) is 0 Å². The summed E-state index contributed by atoms with van der Waals surface area (Å²) in [5.74, 6) is 2.71. The Morgan fingerprint density at radius 2 is 2.07 bits per heavy atom. The third-order valence-electron chi connectivity index (χ3n) is 2.70. The van der Waals surface area contributed by atoms with Gasteiger partial charge in [-0.25, -0.2) is 0 Å². The second-order valence-electron chi connectivity index (χ2n) is 3.67. The topological polar surface area (TPSA) is 0 Å². The van der Waals surface area contributed by atoms with Gasteiger partial charge in [-0.2, -0.15) is 0 Å². The van der Waals surface area contributed by atoms with Gasteiger partial charge in [0.25, 0.3) is 0 Å². The van der Waals surface area contributed by atoms with E-state index in [1.807, 2.05) is 0 Å². The molecule has 2 rings (SSSR count). The summed E-state index contributed by atoms with van der Waals surface area (Å²) in [6, 6.07) is 0. The van der Waals surface area contributed by atoms with Crippen molar-refractivity contribution in [1.82, 2.24) is 0 Å². The molecule has 0 N–H and O–H groups in total. The second kappa shape index (κ2) is 4.15. The monoisotopic (exact) mass is 182 g/mol. The molecule has 0 fully saturated rings. The van der Waals surface area contributed by atoms with E-state index in [4.69, 9.17) is 6.42 Å². The normalized spacial score (nSPS) is 20.6. The minimum atomic E-state index is 1.02. The molecule has 0 aromatic carbocycles. The highest BCUT2D eigenvalue weighted by Gasteiger charge is 2.08. The lowest BCUT2D eigenvalue weighted by Crippen LogP contribution is -1.96. The van der Waals surface area contributed by atoms with Gasteiger partial charge in [0.2, 0.25) is 0 Å². The Morgan fingerprint density at radius 1 is 1.14 bits per heavy atom. The first-order chi connectivity index (χ1) is 6.90. The van der Waals surface area contributed by atoms with Gasteiger partial charge in [-0.05, 0) is 36.8 Å². The van der Waals surface area contributed by atoms with E-state index < -0.39 is 0 Å². The van der Waals surface area contributed by atoms with E-state index in [-0.39, 0.29) is 0 Å². The van der Waals surface area contributed by atoms with E-state index >= 15 is 0 Å². The van der Waals surface area contributed by atoms with Gasteiger partial charge < -0.3 is 0 Å². The van der Waals surface area contributed by atoms with Gasteiger partial charge in [0.15, 0.2) is 0 Å². The summed E-state index contributed by atoms with van der Waals surface area (Å²) in [7, 11) is 0. The fourth-order valence-corrected chi connectivity index (χ4v) is 1.85. The zero-order valence-electron chi connectivity index (χ0n) is 8.29. The van der Waals surface area contributed by atoms with Gasteiger partial charge in [-0.15, -0.1) is 6.42 Å². The number of allylic oxidation sites excluding steroid dienone is 8. The van der Waals surface area contributed by atoms with Crippen LogP contribution in [0.4, 0.5) is 0 Å². The lowest BCUT2D eigenvalue weighted by molar-refractivity contribution is 0.932. The summed E-state index contributed by atoms with van der Waals surface area (Å²) in [5.41, 5.74) is 3.94. The van der Waals surface area contributed by atoms with Crippen LogP contribution in [0.2, 0.25) is 0 Å². The van der Waals surface area contributed by atoms with Crippen molar-refractivity contribution >= 4 is 0 Å². The molecule has 0 saturated heterocycles. The standard InChI is InChI=1S/C14H14/c1-2-12-8-10-14(11-9-12)13-6-4-3-5-7-13/h1,4,6-8,10H,3,5,9,11H2. The van der Waals surface area contributed by atoms with E-state index in [2.05, 4.69) is 36.3 Å². The maximum absolute atomic E-state index is 5.35. The second-order valence-corrected chi connectivity index (χ2v) is 3.67. The molecule has 0 heteroatoms. The van der Waals surface area contributed by atoms with Crippen molar-refractivity contribution in [3.05, 3.63) is 47.1 Å². The van der Waals surface area contributed by atoms with Crippen LogP contribution in [0.15, 0.2) is 47.1 Å². The Hall–Kier alpha value is -1.48. The Bertz CT molecular complexity index is 381. The molecule has 2 aliphatic carbocycles. The van der Waals surface area contributed by atoms with Crippen LogP contribution in [0.25, 0.3) is 0 Å². The predicted molar refractivity (Wildman–Crippen MR) is 60.7 cm³/mol. The van der Waals surface area contributed by atoms with E-state index in [0.717, 1.165) is 18.4 Å². The summed E-state index contributed by atoms with van der Waals surface area (Å²) < 4.78 is 0. The Labute approximate surface area is 85.7 Å². The molecule has 14 heavy (non-hydrogen) atoms. The van der Waals surface area contributed by atoms with Crippen molar-refractivity contribution in [2.75, 3.05) is 0 Å². The Balaban J connectivity index is 2.18. The SMILES string of the molecule is C#CC1=CC=C(C2=CCCC=C2)CC1. The first-order valence-electron chi connectivity index (χ1n) is 5.13. The molecular formula is C14H14. The molecule has 0 aromatic rings. The Kier molecular flexibility index (Phi) is 2.70. The van der Waals surface area contributed by atoms with Crippen molar-refractivity contribution < 1.29 is 0 Å². The minimum absolute atomic E-state index is 1.02. The zero-order valence-corrected chi connectivity index (χ0v) is 8.29. The van der Waals surface area contributed by atoms with Crippen LogP contribution in [0, 0.1) is 12.3 Å². The summed E-state index contributed by atoms with van der Waals surface area (Å²) >= 11 is 0. The molecular weight excluding hydrogens is 168 g/mol. The van der Waals surface area contributed by atoms with Crippen LogP contribution in [0.1, 0.15) is 25.7 Å². The summed E-state index contributed by atoms with van der Waals surface area (Å²) in [4.78, 5) is 0. The molecule has 2 aliphatic rings. The van der Waals surface area contributed by atoms with Crippen molar-refractivity contribution in [3.8, 4) is 12.3 Å². The average Bonchev–Trinajstić information content (AvgIpc) is 2.30. The predicted octanol–water partition coefficient (Wildman–Crippen LogP) is 3.54. The lowest BCUT2D eigenvalue weighted by atomic mass is 9.91. The fourth-order valence-electron chi connectivity index (χ4n) is 1.85. The van der Waals surface area contributed by atoms with Gasteiger partial charge in [-0.3, -0.25) is 0 Å². The van der Waals surface area contributed by atoms with Crippen LogP contribution in [-0.2, 0) is 0 Å². The quantitative estimate of drug-likeness (QED) is 0.544. The number of rotatable bonds is 1. The highest BCUT2D eigenvalue weighted by molar-refractivity contribution is 5.47. The van der Waals surface area contributed by atoms with Crippen LogP contribution >= 0.6 is 0 Å². The maximum Gasteiger partial charge on any atom is 0.00210 e. The highest BCUT2D eigenvalue weighted by Crippen LogP contribution is 2.26. The number of terminal acetylenes is 1. The van der Waals surface area contributed by atoms with Crippen molar-refractivity contribution in [3.63, 3.8) is 0 Å². The van der Waals surface area contributed by atoms with Crippen molar-refractivity contribution in [2.24, 2.45) is 0 Å². The van der Waals surface area contributed by atoms with Crippen molar-refractivity contribution in [2.45, 2.75) is 25.7 Å². The molecule has 0 unspecified atom stereocenters. The van der Waals surface area contributed by atoms with E-state index in [0.29, 0.717) is 0 Å². The van der Waals surface area contributed by atoms with E-state index in [9.17, 15) is 0 Å². The molecule has 0 spiro atoms.